The average molecular weight is 178 g/mol. The maximum Gasteiger partial charge on any atom is 0.118 e. The van der Waals surface area contributed by atoms with E-state index in [0.717, 1.165) is 18.6 Å². The van der Waals surface area contributed by atoms with Crippen LogP contribution in [0.25, 0.3) is 0 Å². The van der Waals surface area contributed by atoms with E-state index in [9.17, 15) is 0 Å². The Morgan fingerprint density at radius 3 is 2.54 bits per heavy atom. The number of methoxy groups -OCH3 is 1. The van der Waals surface area contributed by atoms with Gasteiger partial charge in [-0.25, -0.2) is 0 Å². The molecule has 0 unspecified atom stereocenters. The number of unbranched alkanes of at least 4 members (excludes halogenated alkanes) is 1. The van der Waals surface area contributed by atoms with E-state index in [4.69, 9.17) is 10.5 Å². The zero-order valence-electron chi connectivity index (χ0n) is 7.99. The van der Waals surface area contributed by atoms with Gasteiger partial charge in [0.2, 0.25) is 0 Å². The van der Waals surface area contributed by atoms with Crippen LogP contribution in [0.15, 0.2) is 24.3 Å². The minimum absolute atomic E-state index is 0.663. The van der Waals surface area contributed by atoms with Crippen molar-refractivity contribution in [2.75, 3.05) is 13.7 Å². The van der Waals surface area contributed by atoms with Crippen LogP contribution in [0.5, 0.6) is 5.75 Å². The van der Waals surface area contributed by atoms with E-state index in [-0.39, 0.29) is 0 Å². The number of benzene rings is 1. The minimum Gasteiger partial charge on any atom is -0.497 e. The molecule has 0 fully saturated rings. The molecule has 1 aromatic carbocycles. The number of hydrogen-bond donors (Lipinski definition) is 1. The van der Waals surface area contributed by atoms with Gasteiger partial charge in [0.1, 0.15) is 5.75 Å². The molecule has 71 valence electrons. The van der Waals surface area contributed by atoms with Crippen LogP contribution in [-0.4, -0.2) is 13.7 Å². The summed E-state index contributed by atoms with van der Waals surface area (Å²) >= 11 is 0. The Labute approximate surface area is 79.7 Å². The molecule has 0 aliphatic carbocycles. The van der Waals surface area contributed by atoms with Crippen LogP contribution < -0.4 is 10.5 Å². The van der Waals surface area contributed by atoms with Crippen molar-refractivity contribution in [1.29, 1.82) is 0 Å². The molecule has 0 aliphatic rings. The molecule has 0 saturated heterocycles. The Morgan fingerprint density at radius 1 is 1.31 bits per heavy atom. The number of ether oxygens (including phenoxy) is 1. The first kappa shape index (κ1) is 10.1. The van der Waals surface area contributed by atoms with E-state index in [1.54, 1.807) is 7.11 Å². The van der Waals surface area contributed by atoms with Crippen LogP contribution in [0.1, 0.15) is 12.0 Å². The number of nitrogens with two attached hydrogens (primary N) is 1. The molecule has 1 rings (SSSR count). The second kappa shape index (κ2) is 5.60. The molecule has 0 aliphatic heterocycles. The molecule has 2 nitrogen and oxygen atoms in total. The third-order valence-electron chi connectivity index (χ3n) is 1.96. The Kier molecular flexibility index (Phi) is 4.33. The highest BCUT2D eigenvalue weighted by Gasteiger charge is 1.93. The summed E-state index contributed by atoms with van der Waals surface area (Å²) < 4.78 is 5.07. The molecule has 0 saturated carbocycles. The third-order valence-corrected chi connectivity index (χ3v) is 1.96. The van der Waals surface area contributed by atoms with Crippen LogP contribution in [-0.2, 0) is 6.42 Å². The van der Waals surface area contributed by atoms with Gasteiger partial charge in [0.15, 0.2) is 0 Å². The predicted molar refractivity (Wildman–Crippen MR) is 54.7 cm³/mol. The van der Waals surface area contributed by atoms with Crippen LogP contribution in [0.2, 0.25) is 0 Å². The topological polar surface area (TPSA) is 35.2 Å². The fraction of sp³-hybridized carbons (Fsp3) is 0.364. The predicted octanol–water partition coefficient (Wildman–Crippen LogP) is 1.79. The second-order valence-electron chi connectivity index (χ2n) is 2.91. The van der Waals surface area contributed by atoms with Crippen LogP contribution in [0.3, 0.4) is 0 Å². The van der Waals surface area contributed by atoms with Crippen molar-refractivity contribution < 1.29 is 4.74 Å². The molecule has 2 heteroatoms. The van der Waals surface area contributed by atoms with Crippen molar-refractivity contribution in [2.45, 2.75) is 12.8 Å². The molecule has 1 radical (unpaired) electrons. The van der Waals surface area contributed by atoms with Crippen molar-refractivity contribution in [3.8, 4) is 5.75 Å². The van der Waals surface area contributed by atoms with Gasteiger partial charge in [0, 0.05) is 0 Å². The zero-order valence-corrected chi connectivity index (χ0v) is 7.99. The van der Waals surface area contributed by atoms with E-state index in [1.165, 1.54) is 5.56 Å². The maximum absolute atomic E-state index is 5.36. The van der Waals surface area contributed by atoms with Crippen LogP contribution >= 0.6 is 0 Å². The lowest BCUT2D eigenvalue weighted by Gasteiger charge is -2.02. The summed E-state index contributed by atoms with van der Waals surface area (Å²) in [4.78, 5) is 0. The molecule has 2 N–H and O–H groups in total. The number of hydrogen-bond acceptors (Lipinski definition) is 2. The lowest BCUT2D eigenvalue weighted by Crippen LogP contribution is -1.99. The normalized spacial score (nSPS) is 10.0. The zero-order chi connectivity index (χ0) is 9.52. The molecule has 0 atom stereocenters. The summed E-state index contributed by atoms with van der Waals surface area (Å²) in [5, 5.41) is 0. The molecule has 0 spiro atoms. The SMILES string of the molecule is COc1ccc(CC[CH]CN)cc1. The fourth-order valence-corrected chi connectivity index (χ4v) is 1.18. The summed E-state index contributed by atoms with van der Waals surface area (Å²) in [6.45, 7) is 0.663. The van der Waals surface area contributed by atoms with Gasteiger partial charge in [-0.05, 0) is 43.5 Å². The Morgan fingerprint density at radius 2 is 2.00 bits per heavy atom. The van der Waals surface area contributed by atoms with Crippen LogP contribution in [0.4, 0.5) is 0 Å². The highest BCUT2D eigenvalue weighted by Crippen LogP contribution is 2.12. The van der Waals surface area contributed by atoms with Crippen molar-refractivity contribution in [2.24, 2.45) is 5.73 Å². The molecule has 0 bridgehead atoms. The summed E-state index contributed by atoms with van der Waals surface area (Å²) in [5.41, 5.74) is 6.69. The van der Waals surface area contributed by atoms with E-state index < -0.39 is 0 Å². The first-order valence-electron chi connectivity index (χ1n) is 4.51. The van der Waals surface area contributed by atoms with Gasteiger partial charge in [-0.3, -0.25) is 0 Å². The fourth-order valence-electron chi connectivity index (χ4n) is 1.18. The first-order valence-corrected chi connectivity index (χ1v) is 4.51. The molecule has 1 aromatic rings. The first-order chi connectivity index (χ1) is 6.36. The highest BCUT2D eigenvalue weighted by molar-refractivity contribution is 5.27. The van der Waals surface area contributed by atoms with Crippen molar-refractivity contribution in [3.05, 3.63) is 36.2 Å². The smallest absolute Gasteiger partial charge is 0.118 e. The molecule has 0 heterocycles. The summed E-state index contributed by atoms with van der Waals surface area (Å²) in [6, 6.07) is 8.14. The Balaban J connectivity index is 2.40. The standard InChI is InChI=1S/C11H16NO/c1-13-11-7-5-10(6-8-11)4-2-3-9-12/h3,5-8H,2,4,9,12H2,1H3. The number of aryl methyl sites for hydroxylation is 1. The van der Waals surface area contributed by atoms with E-state index in [0.29, 0.717) is 6.54 Å². The third kappa shape index (κ3) is 3.47. The van der Waals surface area contributed by atoms with Crippen LogP contribution in [0, 0.1) is 6.42 Å². The van der Waals surface area contributed by atoms with Gasteiger partial charge >= 0.3 is 0 Å². The minimum atomic E-state index is 0.663. The number of rotatable bonds is 5. The molecule has 13 heavy (non-hydrogen) atoms. The van der Waals surface area contributed by atoms with Crippen molar-refractivity contribution in [3.63, 3.8) is 0 Å². The van der Waals surface area contributed by atoms with Gasteiger partial charge in [0.25, 0.3) is 0 Å². The van der Waals surface area contributed by atoms with Gasteiger partial charge in [-0.1, -0.05) is 12.1 Å². The van der Waals surface area contributed by atoms with Crippen molar-refractivity contribution in [1.82, 2.24) is 0 Å². The van der Waals surface area contributed by atoms with Gasteiger partial charge < -0.3 is 10.5 Å². The lowest BCUT2D eigenvalue weighted by molar-refractivity contribution is 0.414. The average Bonchev–Trinajstić information content (AvgIpc) is 2.19. The maximum atomic E-state index is 5.36. The summed E-state index contributed by atoms with van der Waals surface area (Å²) in [5.74, 6) is 0.909. The molecular weight excluding hydrogens is 162 g/mol. The highest BCUT2D eigenvalue weighted by atomic mass is 16.5. The largest absolute Gasteiger partial charge is 0.497 e. The van der Waals surface area contributed by atoms with E-state index in [2.05, 4.69) is 18.6 Å². The summed E-state index contributed by atoms with van der Waals surface area (Å²) in [6.07, 6.45) is 4.19. The summed E-state index contributed by atoms with van der Waals surface area (Å²) in [7, 11) is 1.68. The second-order valence-corrected chi connectivity index (χ2v) is 2.91. The van der Waals surface area contributed by atoms with E-state index in [1.807, 2.05) is 12.1 Å². The van der Waals surface area contributed by atoms with Gasteiger partial charge in [0.05, 0.1) is 7.11 Å². The lowest BCUT2D eigenvalue weighted by atomic mass is 10.1. The quantitative estimate of drug-likeness (QED) is 0.698. The Bertz CT molecular complexity index is 230. The van der Waals surface area contributed by atoms with Crippen molar-refractivity contribution >= 4 is 0 Å². The molecular formula is C11H16NO. The van der Waals surface area contributed by atoms with E-state index >= 15 is 0 Å². The molecule has 0 aromatic heterocycles. The molecule has 0 amide bonds. The van der Waals surface area contributed by atoms with Gasteiger partial charge in [-0.15, -0.1) is 0 Å². The van der Waals surface area contributed by atoms with Gasteiger partial charge in [-0.2, -0.15) is 0 Å². The Hall–Kier alpha value is -1.02. The monoisotopic (exact) mass is 178 g/mol.